The van der Waals surface area contributed by atoms with Crippen molar-refractivity contribution in [2.24, 2.45) is 5.92 Å². The lowest BCUT2D eigenvalue weighted by molar-refractivity contribution is -0.119. The monoisotopic (exact) mass is 355 g/mol. The molecule has 1 aliphatic rings. The number of thiazole rings is 1. The van der Waals surface area contributed by atoms with Crippen molar-refractivity contribution < 1.29 is 4.79 Å². The van der Waals surface area contributed by atoms with Gasteiger partial charge in [-0.05, 0) is 36.7 Å². The number of hydrogen-bond donors (Lipinski definition) is 2. The highest BCUT2D eigenvalue weighted by molar-refractivity contribution is 7.15. The van der Waals surface area contributed by atoms with Gasteiger partial charge in [0.15, 0.2) is 5.13 Å². The fourth-order valence-corrected chi connectivity index (χ4v) is 3.62. The maximum Gasteiger partial charge on any atom is 0.230 e. The van der Waals surface area contributed by atoms with Crippen molar-refractivity contribution in [2.45, 2.75) is 12.8 Å². The molecule has 22 heavy (non-hydrogen) atoms. The van der Waals surface area contributed by atoms with Crippen LogP contribution in [0.2, 0.25) is 10.0 Å². The van der Waals surface area contributed by atoms with Crippen LogP contribution in [-0.2, 0) is 11.2 Å². The van der Waals surface area contributed by atoms with Gasteiger partial charge in [0, 0.05) is 34.1 Å². The third kappa shape index (κ3) is 3.79. The van der Waals surface area contributed by atoms with Crippen molar-refractivity contribution >= 4 is 45.6 Å². The summed E-state index contributed by atoms with van der Waals surface area (Å²) in [4.78, 5) is 17.4. The fraction of sp³-hybridized carbons (Fsp3) is 0.333. The van der Waals surface area contributed by atoms with Crippen molar-refractivity contribution in [3.05, 3.63) is 44.9 Å². The number of benzene rings is 1. The van der Waals surface area contributed by atoms with Gasteiger partial charge in [-0.15, -0.1) is 11.3 Å². The van der Waals surface area contributed by atoms with E-state index < -0.39 is 0 Å². The lowest BCUT2D eigenvalue weighted by Crippen LogP contribution is -2.24. The number of nitrogens with one attached hydrogen (secondary N) is 2. The second kappa shape index (κ2) is 6.96. The van der Waals surface area contributed by atoms with Crippen molar-refractivity contribution in [1.82, 2.24) is 10.3 Å². The van der Waals surface area contributed by atoms with E-state index in [4.69, 9.17) is 23.2 Å². The predicted octanol–water partition coefficient (Wildman–Crippen LogP) is 3.59. The number of halogens is 2. The summed E-state index contributed by atoms with van der Waals surface area (Å²) in [6.45, 7) is 1.64. The first-order valence-electron chi connectivity index (χ1n) is 7.02. The Morgan fingerprint density at radius 2 is 2.32 bits per heavy atom. The third-order valence-corrected chi connectivity index (χ3v) is 5.10. The second-order valence-electron chi connectivity index (χ2n) is 5.22. The van der Waals surface area contributed by atoms with Crippen LogP contribution < -0.4 is 10.6 Å². The number of rotatable bonds is 4. The number of hydrogen-bond acceptors (Lipinski definition) is 4. The smallest absolute Gasteiger partial charge is 0.230 e. The molecule has 3 rings (SSSR count). The predicted molar refractivity (Wildman–Crippen MR) is 91.0 cm³/mol. The number of aromatic nitrogens is 1. The van der Waals surface area contributed by atoms with E-state index in [0.717, 1.165) is 30.0 Å². The maximum atomic E-state index is 12.1. The molecular formula is C15H15Cl2N3OS. The molecule has 0 radical (unpaired) electrons. The van der Waals surface area contributed by atoms with Gasteiger partial charge in [0.1, 0.15) is 0 Å². The molecule has 0 bridgehead atoms. The Bertz CT molecular complexity index is 683. The van der Waals surface area contributed by atoms with Gasteiger partial charge in [0.05, 0.1) is 5.92 Å². The molecule has 0 saturated carbocycles. The Kier molecular flexibility index (Phi) is 4.98. The normalized spacial score (nSPS) is 17.6. The lowest BCUT2D eigenvalue weighted by atomic mass is 10.1. The molecule has 0 spiro atoms. The molecule has 4 nitrogen and oxygen atoms in total. The average molecular weight is 356 g/mol. The summed E-state index contributed by atoms with van der Waals surface area (Å²) < 4.78 is 0. The fourth-order valence-electron chi connectivity index (χ4n) is 2.40. The summed E-state index contributed by atoms with van der Waals surface area (Å²) in [5, 5.41) is 8.04. The first kappa shape index (κ1) is 15.7. The summed E-state index contributed by atoms with van der Waals surface area (Å²) in [5.74, 6) is 0.0708. The first-order valence-corrected chi connectivity index (χ1v) is 8.59. The summed E-state index contributed by atoms with van der Waals surface area (Å²) in [6.07, 6.45) is 3.30. The summed E-state index contributed by atoms with van der Waals surface area (Å²) in [6, 6.07) is 5.41. The number of nitrogens with zero attached hydrogens (tertiary/aromatic N) is 1. The number of anilines is 1. The molecular weight excluding hydrogens is 341 g/mol. The largest absolute Gasteiger partial charge is 0.316 e. The molecule has 1 saturated heterocycles. The Labute approximate surface area is 142 Å². The highest BCUT2D eigenvalue weighted by atomic mass is 35.5. The van der Waals surface area contributed by atoms with Crippen LogP contribution in [0.15, 0.2) is 24.4 Å². The van der Waals surface area contributed by atoms with E-state index in [1.165, 1.54) is 11.3 Å². The van der Waals surface area contributed by atoms with E-state index in [1.54, 1.807) is 18.3 Å². The molecule has 2 aromatic rings. The molecule has 1 aliphatic heterocycles. The summed E-state index contributed by atoms with van der Waals surface area (Å²) >= 11 is 13.6. The molecule has 1 amide bonds. The van der Waals surface area contributed by atoms with Crippen LogP contribution in [0.5, 0.6) is 0 Å². The number of carbonyl (C=O) groups excluding carboxylic acids is 1. The van der Waals surface area contributed by atoms with E-state index in [0.29, 0.717) is 21.6 Å². The molecule has 1 atom stereocenters. The van der Waals surface area contributed by atoms with E-state index >= 15 is 0 Å². The molecule has 2 N–H and O–H groups in total. The number of amides is 1. The highest BCUT2D eigenvalue weighted by Crippen LogP contribution is 2.27. The molecule has 2 heterocycles. The summed E-state index contributed by atoms with van der Waals surface area (Å²) in [5.41, 5.74) is 0.954. The van der Waals surface area contributed by atoms with E-state index in [9.17, 15) is 4.79 Å². The van der Waals surface area contributed by atoms with Crippen molar-refractivity contribution in [3.63, 3.8) is 0 Å². The van der Waals surface area contributed by atoms with Gasteiger partial charge in [-0.2, -0.15) is 0 Å². The second-order valence-corrected chi connectivity index (χ2v) is 7.18. The van der Waals surface area contributed by atoms with Crippen LogP contribution in [0.25, 0.3) is 0 Å². The SMILES string of the molecule is O=C(Nc1ncc(Cc2cc(Cl)ccc2Cl)s1)C1CCNC1. The zero-order chi connectivity index (χ0) is 15.5. The molecule has 1 fully saturated rings. The van der Waals surface area contributed by atoms with Gasteiger partial charge in [-0.1, -0.05) is 23.2 Å². The Morgan fingerprint density at radius 3 is 3.09 bits per heavy atom. The van der Waals surface area contributed by atoms with E-state index in [-0.39, 0.29) is 11.8 Å². The van der Waals surface area contributed by atoms with Crippen LogP contribution >= 0.6 is 34.5 Å². The van der Waals surface area contributed by atoms with Gasteiger partial charge in [0.2, 0.25) is 5.91 Å². The van der Waals surface area contributed by atoms with Crippen LogP contribution in [-0.4, -0.2) is 24.0 Å². The zero-order valence-electron chi connectivity index (χ0n) is 11.7. The first-order chi connectivity index (χ1) is 10.6. The minimum Gasteiger partial charge on any atom is -0.316 e. The maximum absolute atomic E-state index is 12.1. The molecule has 1 aromatic heterocycles. The van der Waals surface area contributed by atoms with Crippen molar-refractivity contribution in [3.8, 4) is 0 Å². The topological polar surface area (TPSA) is 54.0 Å². The van der Waals surface area contributed by atoms with E-state index in [1.807, 2.05) is 6.07 Å². The van der Waals surface area contributed by atoms with Crippen LogP contribution in [0.1, 0.15) is 16.9 Å². The van der Waals surface area contributed by atoms with Gasteiger partial charge in [-0.3, -0.25) is 4.79 Å². The Balaban J connectivity index is 1.65. The standard InChI is InChI=1S/C15H15Cl2N3OS/c16-11-1-2-13(17)10(5-11)6-12-8-19-15(22-12)20-14(21)9-3-4-18-7-9/h1-2,5,8-9,18H,3-4,6-7H2,(H,19,20,21). The Morgan fingerprint density at radius 1 is 1.45 bits per heavy atom. The minimum atomic E-state index is 0.0340. The molecule has 116 valence electrons. The van der Waals surface area contributed by atoms with Gasteiger partial charge in [0.25, 0.3) is 0 Å². The Hall–Kier alpha value is -1.14. The van der Waals surface area contributed by atoms with Gasteiger partial charge >= 0.3 is 0 Å². The molecule has 1 unspecified atom stereocenters. The lowest BCUT2D eigenvalue weighted by Gasteiger charge is -2.06. The average Bonchev–Trinajstić information content (AvgIpc) is 3.14. The minimum absolute atomic E-state index is 0.0340. The van der Waals surface area contributed by atoms with Crippen molar-refractivity contribution in [2.75, 3.05) is 18.4 Å². The zero-order valence-corrected chi connectivity index (χ0v) is 14.1. The quantitative estimate of drug-likeness (QED) is 0.880. The number of carbonyl (C=O) groups is 1. The van der Waals surface area contributed by atoms with Crippen LogP contribution in [0, 0.1) is 5.92 Å². The van der Waals surface area contributed by atoms with Crippen LogP contribution in [0.4, 0.5) is 5.13 Å². The summed E-state index contributed by atoms with van der Waals surface area (Å²) in [7, 11) is 0. The van der Waals surface area contributed by atoms with Crippen molar-refractivity contribution in [1.29, 1.82) is 0 Å². The van der Waals surface area contributed by atoms with Gasteiger partial charge < -0.3 is 10.6 Å². The molecule has 7 heteroatoms. The molecule has 0 aliphatic carbocycles. The highest BCUT2D eigenvalue weighted by Gasteiger charge is 2.23. The van der Waals surface area contributed by atoms with Gasteiger partial charge in [-0.25, -0.2) is 4.98 Å². The molecule has 1 aromatic carbocycles. The third-order valence-electron chi connectivity index (χ3n) is 3.59. The van der Waals surface area contributed by atoms with Crippen LogP contribution in [0.3, 0.4) is 0 Å². The van der Waals surface area contributed by atoms with E-state index in [2.05, 4.69) is 15.6 Å².